The van der Waals surface area contributed by atoms with Crippen molar-refractivity contribution < 1.29 is 4.74 Å². The Balaban J connectivity index is 2.01. The summed E-state index contributed by atoms with van der Waals surface area (Å²) in [5.41, 5.74) is 1.63. The maximum Gasteiger partial charge on any atom is 0.0595 e. The van der Waals surface area contributed by atoms with Gasteiger partial charge in [-0.15, -0.1) is 0 Å². The Kier molecular flexibility index (Phi) is 3.79. The van der Waals surface area contributed by atoms with Gasteiger partial charge in [0.05, 0.1) is 16.1 Å². The predicted octanol–water partition coefficient (Wildman–Crippen LogP) is 4.04. The minimum absolute atomic E-state index is 0.112. The minimum atomic E-state index is 0.112. The molecule has 1 aliphatic heterocycles. The molecule has 0 bridgehead atoms. The lowest BCUT2D eigenvalue weighted by molar-refractivity contribution is 0.0582. The zero-order chi connectivity index (χ0) is 14.4. The van der Waals surface area contributed by atoms with Crippen molar-refractivity contribution in [3.05, 3.63) is 33.8 Å². The van der Waals surface area contributed by atoms with Crippen molar-refractivity contribution in [1.82, 2.24) is 5.32 Å². The Labute approximate surface area is 130 Å². The second-order valence-electron chi connectivity index (χ2n) is 6.36. The van der Waals surface area contributed by atoms with Gasteiger partial charge < -0.3 is 10.1 Å². The van der Waals surface area contributed by atoms with Crippen molar-refractivity contribution in [2.45, 2.75) is 38.2 Å². The van der Waals surface area contributed by atoms with E-state index in [1.165, 1.54) is 5.56 Å². The van der Waals surface area contributed by atoms with Crippen molar-refractivity contribution >= 4 is 23.2 Å². The minimum Gasteiger partial charge on any atom is -0.378 e. The first-order chi connectivity index (χ1) is 9.51. The molecule has 0 unspecified atom stereocenters. The molecule has 0 spiro atoms. The second-order valence-corrected chi connectivity index (χ2v) is 7.18. The molecule has 0 radical (unpaired) electrons. The molecule has 1 saturated heterocycles. The highest BCUT2D eigenvalue weighted by molar-refractivity contribution is 6.42. The highest BCUT2D eigenvalue weighted by Crippen LogP contribution is 2.57. The third-order valence-corrected chi connectivity index (χ3v) is 5.97. The number of hydrogen-bond acceptors (Lipinski definition) is 2. The summed E-state index contributed by atoms with van der Waals surface area (Å²) in [6.45, 7) is 7.25. The molecule has 1 saturated carbocycles. The standard InChI is InChI=1S/C16H21Cl2NO/c1-3-20-12-7-15(2)9-19-10-16(15,8-12)11-4-5-13(17)14(18)6-11/h4-6,12,19H,3,7-10H2,1-2H3/t12-,15-,16+/m1/s1. The molecule has 2 nitrogen and oxygen atoms in total. The lowest BCUT2D eigenvalue weighted by atomic mass is 9.65. The Hall–Kier alpha value is -0.280. The van der Waals surface area contributed by atoms with E-state index in [4.69, 9.17) is 27.9 Å². The fourth-order valence-corrected chi connectivity index (χ4v) is 4.50. The van der Waals surface area contributed by atoms with Crippen LogP contribution in [-0.4, -0.2) is 25.8 Å². The van der Waals surface area contributed by atoms with Crippen molar-refractivity contribution in [2.24, 2.45) is 5.41 Å². The number of ether oxygens (including phenoxy) is 1. The zero-order valence-electron chi connectivity index (χ0n) is 12.0. The molecule has 0 amide bonds. The van der Waals surface area contributed by atoms with Gasteiger partial charge in [0, 0.05) is 25.1 Å². The first-order valence-corrected chi connectivity index (χ1v) is 8.04. The molecule has 20 heavy (non-hydrogen) atoms. The van der Waals surface area contributed by atoms with Crippen LogP contribution < -0.4 is 5.32 Å². The van der Waals surface area contributed by atoms with Crippen molar-refractivity contribution in [3.8, 4) is 0 Å². The third-order valence-electron chi connectivity index (χ3n) is 5.23. The van der Waals surface area contributed by atoms with Crippen LogP contribution >= 0.6 is 23.2 Å². The number of hydrogen-bond donors (Lipinski definition) is 1. The molecular formula is C16H21Cl2NO. The van der Waals surface area contributed by atoms with Crippen LogP contribution in [0.2, 0.25) is 10.0 Å². The van der Waals surface area contributed by atoms with Crippen LogP contribution in [0.1, 0.15) is 32.3 Å². The van der Waals surface area contributed by atoms with E-state index in [9.17, 15) is 0 Å². The van der Waals surface area contributed by atoms with Gasteiger partial charge in [-0.25, -0.2) is 0 Å². The quantitative estimate of drug-likeness (QED) is 0.909. The number of benzene rings is 1. The topological polar surface area (TPSA) is 21.3 Å². The van der Waals surface area contributed by atoms with Crippen molar-refractivity contribution in [2.75, 3.05) is 19.7 Å². The summed E-state index contributed by atoms with van der Waals surface area (Å²) in [5, 5.41) is 4.84. The molecular weight excluding hydrogens is 293 g/mol. The van der Waals surface area contributed by atoms with E-state index < -0.39 is 0 Å². The predicted molar refractivity (Wildman–Crippen MR) is 83.8 cm³/mol. The van der Waals surface area contributed by atoms with Gasteiger partial charge >= 0.3 is 0 Å². The largest absolute Gasteiger partial charge is 0.378 e. The Morgan fingerprint density at radius 2 is 2.05 bits per heavy atom. The van der Waals surface area contributed by atoms with Crippen LogP contribution in [0.4, 0.5) is 0 Å². The number of rotatable bonds is 3. The maximum absolute atomic E-state index is 6.24. The zero-order valence-corrected chi connectivity index (χ0v) is 13.5. The molecule has 1 N–H and O–H groups in total. The lowest BCUT2D eigenvalue weighted by Crippen LogP contribution is -2.38. The summed E-state index contributed by atoms with van der Waals surface area (Å²) >= 11 is 12.3. The Morgan fingerprint density at radius 1 is 1.25 bits per heavy atom. The summed E-state index contributed by atoms with van der Waals surface area (Å²) in [5.74, 6) is 0. The lowest BCUT2D eigenvalue weighted by Gasteiger charge is -2.37. The number of nitrogens with one attached hydrogen (secondary N) is 1. The molecule has 110 valence electrons. The number of fused-ring (bicyclic) bond motifs is 1. The average molecular weight is 314 g/mol. The summed E-state index contributed by atoms with van der Waals surface area (Å²) in [4.78, 5) is 0. The van der Waals surface area contributed by atoms with Gasteiger partial charge in [0.15, 0.2) is 0 Å². The molecule has 2 aliphatic rings. The summed E-state index contributed by atoms with van der Waals surface area (Å²) in [7, 11) is 0. The van der Waals surface area contributed by atoms with Gasteiger partial charge in [0.1, 0.15) is 0 Å². The molecule has 1 heterocycles. The fourth-order valence-electron chi connectivity index (χ4n) is 4.20. The van der Waals surface area contributed by atoms with Gasteiger partial charge in [-0.05, 0) is 42.9 Å². The molecule has 3 atom stereocenters. The van der Waals surface area contributed by atoms with E-state index in [1.54, 1.807) is 0 Å². The van der Waals surface area contributed by atoms with Crippen molar-refractivity contribution in [3.63, 3.8) is 0 Å². The maximum atomic E-state index is 6.24. The SMILES string of the molecule is CCO[C@@H]1C[C@]2(C)CNC[C@]2(c2ccc(Cl)c(Cl)c2)C1. The van der Waals surface area contributed by atoms with E-state index in [0.29, 0.717) is 16.1 Å². The van der Waals surface area contributed by atoms with E-state index in [-0.39, 0.29) is 10.8 Å². The molecule has 2 fully saturated rings. The summed E-state index contributed by atoms with van der Waals surface area (Å²) in [6.07, 6.45) is 2.51. The first-order valence-electron chi connectivity index (χ1n) is 7.29. The molecule has 0 aromatic heterocycles. The van der Waals surface area contributed by atoms with E-state index in [0.717, 1.165) is 32.5 Å². The van der Waals surface area contributed by atoms with Crippen LogP contribution in [0.25, 0.3) is 0 Å². The van der Waals surface area contributed by atoms with Crippen LogP contribution in [-0.2, 0) is 10.2 Å². The fraction of sp³-hybridized carbons (Fsp3) is 0.625. The molecule has 1 aromatic rings. The monoisotopic (exact) mass is 313 g/mol. The van der Waals surface area contributed by atoms with Crippen LogP contribution in [0.5, 0.6) is 0 Å². The van der Waals surface area contributed by atoms with Crippen molar-refractivity contribution in [1.29, 1.82) is 0 Å². The normalized spacial score (nSPS) is 36.3. The van der Waals surface area contributed by atoms with Crippen LogP contribution in [0.3, 0.4) is 0 Å². The number of halogens is 2. The molecule has 1 aromatic carbocycles. The van der Waals surface area contributed by atoms with Gasteiger partial charge in [-0.2, -0.15) is 0 Å². The molecule has 1 aliphatic carbocycles. The first kappa shape index (κ1) is 14.6. The summed E-state index contributed by atoms with van der Waals surface area (Å²) < 4.78 is 5.92. The molecule has 3 rings (SSSR count). The van der Waals surface area contributed by atoms with Gasteiger partial charge in [0.25, 0.3) is 0 Å². The highest BCUT2D eigenvalue weighted by atomic mass is 35.5. The smallest absolute Gasteiger partial charge is 0.0595 e. The van der Waals surface area contributed by atoms with E-state index in [2.05, 4.69) is 25.2 Å². The van der Waals surface area contributed by atoms with Gasteiger partial charge in [-0.1, -0.05) is 36.2 Å². The Bertz CT molecular complexity index is 521. The second kappa shape index (κ2) is 5.17. The van der Waals surface area contributed by atoms with E-state index >= 15 is 0 Å². The van der Waals surface area contributed by atoms with Gasteiger partial charge in [0.2, 0.25) is 0 Å². The molecule has 4 heteroatoms. The van der Waals surface area contributed by atoms with Crippen LogP contribution in [0.15, 0.2) is 18.2 Å². The summed E-state index contributed by atoms with van der Waals surface area (Å²) in [6, 6.07) is 6.10. The Morgan fingerprint density at radius 3 is 2.75 bits per heavy atom. The van der Waals surface area contributed by atoms with Gasteiger partial charge in [-0.3, -0.25) is 0 Å². The third kappa shape index (κ3) is 2.09. The van der Waals surface area contributed by atoms with Crippen LogP contribution in [0, 0.1) is 5.41 Å². The highest BCUT2D eigenvalue weighted by Gasteiger charge is 2.59. The average Bonchev–Trinajstić information content (AvgIpc) is 2.83. The van der Waals surface area contributed by atoms with E-state index in [1.807, 2.05) is 12.1 Å².